The van der Waals surface area contributed by atoms with Gasteiger partial charge in [0.1, 0.15) is 36.3 Å². The second kappa shape index (κ2) is 24.1. The molecule has 21 nitrogen and oxygen atoms in total. The van der Waals surface area contributed by atoms with Crippen LogP contribution in [0.15, 0.2) is 60.9 Å². The van der Waals surface area contributed by atoms with E-state index in [-0.39, 0.29) is 25.2 Å². The van der Waals surface area contributed by atoms with Gasteiger partial charge in [0.05, 0.1) is 18.6 Å². The number of carbonyl (C=O) groups excluding carboxylic acids is 6. The summed E-state index contributed by atoms with van der Waals surface area (Å²) < 4.78 is 0. The highest BCUT2D eigenvalue weighted by atomic mass is 16.4. The minimum Gasteiger partial charge on any atom is -0.481 e. The van der Waals surface area contributed by atoms with Gasteiger partial charge in [0, 0.05) is 47.0 Å². The third-order valence-electron chi connectivity index (χ3n) is 11.7. The number of H-pyrrole nitrogens is 2. The van der Waals surface area contributed by atoms with Gasteiger partial charge >= 0.3 is 11.9 Å². The van der Waals surface area contributed by atoms with Gasteiger partial charge in [0.2, 0.25) is 35.4 Å². The molecule has 3 heterocycles. The average molecular weight is 931 g/mol. The summed E-state index contributed by atoms with van der Waals surface area (Å²) in [5.41, 5.74) is 8.34. The zero-order valence-electron chi connectivity index (χ0n) is 37.7. The fourth-order valence-corrected chi connectivity index (χ4v) is 8.02. The maximum absolute atomic E-state index is 14.3. The number of amides is 6. The van der Waals surface area contributed by atoms with Gasteiger partial charge in [0.25, 0.3) is 0 Å². The molecule has 67 heavy (non-hydrogen) atoms. The van der Waals surface area contributed by atoms with Crippen LogP contribution >= 0.6 is 0 Å². The van der Waals surface area contributed by atoms with Gasteiger partial charge < -0.3 is 68.2 Å². The van der Waals surface area contributed by atoms with E-state index in [0.717, 1.165) is 22.8 Å². The third kappa shape index (κ3) is 14.1. The van der Waals surface area contributed by atoms with Crippen molar-refractivity contribution >= 4 is 69.2 Å². The fourth-order valence-electron chi connectivity index (χ4n) is 8.02. The minimum absolute atomic E-state index is 0.144. The number of nitrogens with two attached hydrogens (primary N) is 1. The molecule has 362 valence electrons. The van der Waals surface area contributed by atoms with Gasteiger partial charge in [-0.15, -0.1) is 0 Å². The van der Waals surface area contributed by atoms with Crippen LogP contribution in [0.4, 0.5) is 0 Å². The summed E-state index contributed by atoms with van der Waals surface area (Å²) >= 11 is 0. The topological polar surface area (TPSA) is 339 Å². The molecule has 1 aliphatic rings. The molecule has 0 saturated carbocycles. The Labute approximate surface area is 386 Å². The zero-order valence-corrected chi connectivity index (χ0v) is 37.7. The van der Waals surface area contributed by atoms with Crippen molar-refractivity contribution in [2.75, 3.05) is 13.1 Å². The van der Waals surface area contributed by atoms with Crippen LogP contribution in [0.5, 0.6) is 0 Å². The smallest absolute Gasteiger partial charge is 0.326 e. The molecule has 6 amide bonds. The second-order valence-electron chi connectivity index (χ2n) is 17.2. The molecule has 0 aliphatic carbocycles. The summed E-state index contributed by atoms with van der Waals surface area (Å²) in [5.74, 6) is -8.60. The maximum Gasteiger partial charge on any atom is 0.326 e. The van der Waals surface area contributed by atoms with Crippen molar-refractivity contribution in [2.45, 2.75) is 121 Å². The number of aliphatic carboxylic acids is 2. The number of unbranched alkanes of at least 4 members (excludes halogenated alkanes) is 1. The largest absolute Gasteiger partial charge is 0.481 e. The van der Waals surface area contributed by atoms with Gasteiger partial charge in [-0.1, -0.05) is 50.2 Å². The fraction of sp³-hybridized carbons (Fsp3) is 0.478. The maximum atomic E-state index is 14.3. The number of aromatic amines is 2. The number of benzene rings is 2. The van der Waals surface area contributed by atoms with Crippen molar-refractivity contribution < 1.29 is 53.7 Å². The number of carbonyl (C=O) groups is 8. The van der Waals surface area contributed by atoms with Crippen LogP contribution < -0.4 is 43.0 Å². The highest BCUT2D eigenvalue weighted by Crippen LogP contribution is 2.21. The third-order valence-corrected chi connectivity index (χ3v) is 11.7. The Morgan fingerprint density at radius 1 is 0.657 bits per heavy atom. The molecule has 0 spiro atoms. The minimum atomic E-state index is -1.87. The Kier molecular flexibility index (Phi) is 18.4. The van der Waals surface area contributed by atoms with E-state index >= 15 is 0 Å². The summed E-state index contributed by atoms with van der Waals surface area (Å²) in [5, 5.41) is 50.3. The van der Waals surface area contributed by atoms with E-state index in [9.17, 15) is 53.7 Å². The van der Waals surface area contributed by atoms with Crippen molar-refractivity contribution in [3.05, 3.63) is 72.1 Å². The first-order valence-electron chi connectivity index (χ1n) is 22.5. The van der Waals surface area contributed by atoms with Gasteiger partial charge in [-0.25, -0.2) is 4.79 Å². The van der Waals surface area contributed by atoms with E-state index in [4.69, 9.17) is 5.73 Å². The lowest BCUT2D eigenvalue weighted by Crippen LogP contribution is -2.62. The van der Waals surface area contributed by atoms with E-state index < -0.39 is 102 Å². The number of hydrogen-bond acceptors (Lipinski definition) is 11. The van der Waals surface area contributed by atoms with Crippen molar-refractivity contribution in [3.8, 4) is 0 Å². The number of carboxylic acid groups (broad SMARTS) is 2. The number of aliphatic hydroxyl groups excluding tert-OH is 1. The molecule has 5 rings (SSSR count). The number of aromatic nitrogens is 2. The molecule has 0 radical (unpaired) electrons. The monoisotopic (exact) mass is 930 g/mol. The molecule has 0 unspecified atom stereocenters. The van der Waals surface area contributed by atoms with E-state index in [1.165, 1.54) is 6.92 Å². The van der Waals surface area contributed by atoms with Crippen LogP contribution in [-0.2, 0) is 51.2 Å². The van der Waals surface area contributed by atoms with E-state index in [1.54, 1.807) is 68.7 Å². The molecular weight excluding hydrogens is 869 g/mol. The Morgan fingerprint density at radius 2 is 1.16 bits per heavy atom. The lowest BCUT2D eigenvalue weighted by molar-refractivity contribution is -0.143. The summed E-state index contributed by atoms with van der Waals surface area (Å²) in [6.45, 7) is 5.33. The highest BCUT2D eigenvalue weighted by molar-refractivity contribution is 5.99. The molecule has 1 aliphatic heterocycles. The lowest BCUT2D eigenvalue weighted by Gasteiger charge is -2.28. The van der Waals surface area contributed by atoms with Gasteiger partial charge in [-0.3, -0.25) is 33.6 Å². The standard InChI is InChI=1S/C46H62N10O11/c1-24(2)38(46(66)67)55-43(63)35(20-27-23-50-31-14-7-5-12-29(27)31)54-45(65)39(25(3)57)56-44(64)36(21-37(58)59)53-42(62)34(19-26-22-49-30-13-6-4-11-28(26)30)52-41(61)33(15-8-9-17-47)51-40(60)32-16-10-18-48-32/h4-7,11-14,22-25,32-36,38-39,48-50,57H,8-10,15-21,47H2,1-3H3,(H,51,60)(H,52,61)(H,53,62)(H,54,65)(H,55,63)(H,56,64)(H,58,59)(H,66,67)/t25-,32+,33+,34+,35+,36+,38+,39+/m1/s1. The number of nitrogens with one attached hydrogen (secondary N) is 9. The molecule has 14 N–H and O–H groups in total. The molecule has 1 saturated heterocycles. The number of hydrogen-bond donors (Lipinski definition) is 13. The SMILES string of the molecule is CC(C)[C@H](NC(=O)[C@H](Cc1c[nH]c2ccccc12)NC(=O)[C@@H](NC(=O)[C@H](CC(=O)O)NC(=O)[C@H](Cc1c[nH]c2ccccc12)NC(=O)[C@H](CCCCN)NC(=O)[C@@H]1CCCN1)[C@@H](C)O)C(=O)O. The molecule has 2 aromatic heterocycles. The Bertz CT molecular complexity index is 2390. The number of aliphatic hydroxyl groups is 1. The van der Waals surface area contributed by atoms with Crippen molar-refractivity contribution in [1.29, 1.82) is 0 Å². The first-order valence-corrected chi connectivity index (χ1v) is 22.5. The predicted molar refractivity (Wildman–Crippen MR) is 246 cm³/mol. The van der Waals surface area contributed by atoms with Crippen LogP contribution in [0, 0.1) is 5.92 Å². The summed E-state index contributed by atoms with van der Waals surface area (Å²) in [7, 11) is 0. The first-order chi connectivity index (χ1) is 32.0. The predicted octanol–water partition coefficient (Wildman–Crippen LogP) is -0.180. The Balaban J connectivity index is 1.38. The van der Waals surface area contributed by atoms with Gasteiger partial charge in [0.15, 0.2) is 0 Å². The molecule has 21 heteroatoms. The summed E-state index contributed by atoms with van der Waals surface area (Å²) in [6, 6.07) is 4.86. The molecule has 0 bridgehead atoms. The lowest BCUT2D eigenvalue weighted by atomic mass is 10.0. The van der Waals surface area contributed by atoms with Gasteiger partial charge in [-0.05, 0) is 81.3 Å². The van der Waals surface area contributed by atoms with Crippen LogP contribution in [0.25, 0.3) is 21.8 Å². The molecule has 2 aromatic carbocycles. The van der Waals surface area contributed by atoms with E-state index in [0.29, 0.717) is 48.9 Å². The van der Waals surface area contributed by atoms with Crippen LogP contribution in [0.2, 0.25) is 0 Å². The Hall–Kier alpha value is -6.84. The van der Waals surface area contributed by atoms with Crippen LogP contribution in [0.1, 0.15) is 70.4 Å². The highest BCUT2D eigenvalue weighted by Gasteiger charge is 2.37. The van der Waals surface area contributed by atoms with Crippen LogP contribution in [-0.4, -0.2) is 134 Å². The van der Waals surface area contributed by atoms with Crippen LogP contribution in [0.3, 0.4) is 0 Å². The quantitative estimate of drug-likeness (QED) is 0.0384. The second-order valence-corrected chi connectivity index (χ2v) is 17.2. The number of para-hydroxylation sites is 2. The zero-order chi connectivity index (χ0) is 48.8. The number of rotatable bonds is 25. The van der Waals surface area contributed by atoms with Gasteiger partial charge in [-0.2, -0.15) is 0 Å². The number of fused-ring (bicyclic) bond motifs is 2. The van der Waals surface area contributed by atoms with Crippen molar-refractivity contribution in [1.82, 2.24) is 47.2 Å². The first kappa shape index (κ1) is 51.1. The summed E-state index contributed by atoms with van der Waals surface area (Å²) in [4.78, 5) is 114. The Morgan fingerprint density at radius 3 is 1.67 bits per heavy atom. The van der Waals surface area contributed by atoms with E-state index in [1.807, 2.05) is 6.07 Å². The molecule has 4 aromatic rings. The summed E-state index contributed by atoms with van der Waals surface area (Å²) in [6.07, 6.45) is 2.90. The number of carboxylic acids is 2. The normalized spacial score (nSPS) is 16.8. The van der Waals surface area contributed by atoms with Crippen molar-refractivity contribution in [2.24, 2.45) is 11.7 Å². The molecule has 1 fully saturated rings. The molecule has 8 atom stereocenters. The average Bonchev–Trinajstić information content (AvgIpc) is 4.07. The van der Waals surface area contributed by atoms with Crippen molar-refractivity contribution in [3.63, 3.8) is 0 Å². The van der Waals surface area contributed by atoms with E-state index in [2.05, 4.69) is 47.2 Å². The molecular formula is C46H62N10O11.